The number of piperidine rings is 1. The summed E-state index contributed by atoms with van der Waals surface area (Å²) in [6.45, 7) is 3.64. The van der Waals surface area contributed by atoms with Gasteiger partial charge in [-0.05, 0) is 38.4 Å². The van der Waals surface area contributed by atoms with Crippen molar-refractivity contribution in [3.8, 4) is 5.75 Å². The zero-order valence-corrected chi connectivity index (χ0v) is 13.4. The van der Waals surface area contributed by atoms with Crippen molar-refractivity contribution in [2.24, 2.45) is 5.73 Å². The average molecular weight is 317 g/mol. The summed E-state index contributed by atoms with van der Waals surface area (Å²) in [6.07, 6.45) is 2.67. The van der Waals surface area contributed by atoms with Gasteiger partial charge in [0.2, 0.25) is 5.91 Å². The van der Waals surface area contributed by atoms with Gasteiger partial charge in [-0.2, -0.15) is 0 Å². The average Bonchev–Trinajstić information content (AvgIpc) is 2.55. The zero-order valence-electron chi connectivity index (χ0n) is 13.4. The van der Waals surface area contributed by atoms with E-state index in [0.29, 0.717) is 24.0 Å². The van der Waals surface area contributed by atoms with E-state index in [-0.39, 0.29) is 12.5 Å². The van der Waals surface area contributed by atoms with Gasteiger partial charge in [0.1, 0.15) is 5.75 Å². The maximum Gasteiger partial charge on any atom is 0.260 e. The van der Waals surface area contributed by atoms with Crippen LogP contribution in [0.15, 0.2) is 24.3 Å². The molecule has 0 aliphatic carbocycles. The summed E-state index contributed by atoms with van der Waals surface area (Å²) in [5.41, 5.74) is 6.09. The molecule has 0 saturated carbocycles. The number of rotatable bonds is 3. The highest BCUT2D eigenvalue weighted by atomic mass is 16.5. The Morgan fingerprint density at radius 3 is 2.83 bits per heavy atom. The van der Waals surface area contributed by atoms with E-state index in [0.717, 1.165) is 19.4 Å². The highest BCUT2D eigenvalue weighted by molar-refractivity contribution is 5.98. The Bertz CT molecular complexity index is 605. The Kier molecular flexibility index (Phi) is 4.52. The minimum absolute atomic E-state index is 0.0132. The fourth-order valence-electron chi connectivity index (χ4n) is 3.27. The first kappa shape index (κ1) is 15.8. The Morgan fingerprint density at radius 1 is 1.30 bits per heavy atom. The minimum atomic E-state index is -0.798. The Balaban J connectivity index is 1.79. The zero-order chi connectivity index (χ0) is 16.4. The number of hydrogen-bond donors (Lipinski definition) is 1. The molecular weight excluding hydrogens is 294 g/mol. The van der Waals surface area contributed by atoms with Gasteiger partial charge >= 0.3 is 0 Å². The maximum absolute atomic E-state index is 12.8. The van der Waals surface area contributed by atoms with Crippen LogP contribution in [-0.2, 0) is 9.59 Å². The third-order valence-corrected chi connectivity index (χ3v) is 4.67. The van der Waals surface area contributed by atoms with Gasteiger partial charge in [-0.1, -0.05) is 18.6 Å². The number of carbonyl (C=O) groups excluding carboxylic acids is 2. The monoisotopic (exact) mass is 317 g/mol. The number of amides is 2. The number of hydrogen-bond acceptors (Lipinski definition) is 4. The summed E-state index contributed by atoms with van der Waals surface area (Å²) in [6, 6.07) is 7.68. The van der Waals surface area contributed by atoms with Gasteiger partial charge < -0.3 is 15.4 Å². The molecule has 2 heterocycles. The predicted octanol–water partition coefficient (Wildman–Crippen LogP) is 1.14. The van der Waals surface area contributed by atoms with Crippen LogP contribution in [0.25, 0.3) is 0 Å². The SMILES string of the molecule is C[C@@H]1CCCCN1CC(=O)N1C[C@@H](C(N)=O)Oc2ccccc21. The fraction of sp³-hybridized carbons (Fsp3) is 0.529. The number of nitrogens with two attached hydrogens (primary N) is 1. The first-order valence-electron chi connectivity index (χ1n) is 8.15. The van der Waals surface area contributed by atoms with Crippen LogP contribution in [-0.4, -0.2) is 48.5 Å². The third kappa shape index (κ3) is 3.32. The number of carbonyl (C=O) groups is 2. The first-order valence-corrected chi connectivity index (χ1v) is 8.15. The molecule has 0 bridgehead atoms. The molecule has 0 unspecified atom stereocenters. The van der Waals surface area contributed by atoms with Crippen LogP contribution in [0.3, 0.4) is 0 Å². The molecule has 1 fully saturated rings. The minimum Gasteiger partial charge on any atom is -0.477 e. The summed E-state index contributed by atoms with van der Waals surface area (Å²) in [5, 5.41) is 0. The molecule has 0 aromatic heterocycles. The van der Waals surface area contributed by atoms with E-state index in [2.05, 4.69) is 11.8 Å². The van der Waals surface area contributed by atoms with Gasteiger partial charge in [0, 0.05) is 6.04 Å². The molecule has 0 spiro atoms. The number of benzene rings is 1. The van der Waals surface area contributed by atoms with Gasteiger partial charge in [0.15, 0.2) is 6.10 Å². The van der Waals surface area contributed by atoms with Crippen molar-refractivity contribution in [2.75, 3.05) is 24.5 Å². The van der Waals surface area contributed by atoms with Gasteiger partial charge in [-0.15, -0.1) is 0 Å². The van der Waals surface area contributed by atoms with E-state index in [1.165, 1.54) is 6.42 Å². The standard InChI is InChI=1S/C17H23N3O3/c1-12-6-4-5-9-19(12)11-16(21)20-10-15(17(18)22)23-14-8-3-2-7-13(14)20/h2-3,7-8,12,15H,4-6,9-11H2,1H3,(H2,18,22)/t12-,15+/m1/s1. The molecule has 2 aliphatic rings. The highest BCUT2D eigenvalue weighted by Gasteiger charge is 2.33. The normalized spacial score (nSPS) is 24.7. The smallest absolute Gasteiger partial charge is 0.260 e. The van der Waals surface area contributed by atoms with E-state index in [1.807, 2.05) is 18.2 Å². The van der Waals surface area contributed by atoms with Gasteiger partial charge in [-0.3, -0.25) is 14.5 Å². The molecule has 2 amide bonds. The Labute approximate surface area is 136 Å². The molecular formula is C17H23N3O3. The summed E-state index contributed by atoms with van der Waals surface area (Å²) in [7, 11) is 0. The lowest BCUT2D eigenvalue weighted by Crippen LogP contribution is -2.52. The quantitative estimate of drug-likeness (QED) is 0.907. The van der Waals surface area contributed by atoms with Crippen LogP contribution in [0.4, 0.5) is 5.69 Å². The first-order chi connectivity index (χ1) is 11.1. The molecule has 23 heavy (non-hydrogen) atoms. The molecule has 2 N–H and O–H groups in total. The Hall–Kier alpha value is -2.08. The number of nitrogens with zero attached hydrogens (tertiary/aromatic N) is 2. The molecule has 124 valence electrons. The molecule has 3 rings (SSSR count). The van der Waals surface area contributed by atoms with Gasteiger partial charge in [0.25, 0.3) is 5.91 Å². The van der Waals surface area contributed by atoms with Crippen LogP contribution < -0.4 is 15.4 Å². The van der Waals surface area contributed by atoms with E-state index in [4.69, 9.17) is 10.5 Å². The highest BCUT2D eigenvalue weighted by Crippen LogP contribution is 2.33. The summed E-state index contributed by atoms with van der Waals surface area (Å²) in [5.74, 6) is -0.0352. The molecule has 2 atom stereocenters. The molecule has 6 heteroatoms. The topological polar surface area (TPSA) is 75.9 Å². The van der Waals surface area contributed by atoms with Crippen molar-refractivity contribution >= 4 is 17.5 Å². The summed E-state index contributed by atoms with van der Waals surface area (Å²) >= 11 is 0. The molecule has 1 aromatic carbocycles. The predicted molar refractivity (Wildman–Crippen MR) is 87.3 cm³/mol. The number of likely N-dealkylation sites (tertiary alicyclic amines) is 1. The van der Waals surface area contributed by atoms with E-state index < -0.39 is 12.0 Å². The maximum atomic E-state index is 12.8. The number of fused-ring (bicyclic) bond motifs is 1. The number of primary amides is 1. The number of ether oxygens (including phenoxy) is 1. The van der Waals surface area contributed by atoms with E-state index in [9.17, 15) is 9.59 Å². The van der Waals surface area contributed by atoms with Crippen molar-refractivity contribution in [3.05, 3.63) is 24.3 Å². The van der Waals surface area contributed by atoms with Crippen LogP contribution in [0.1, 0.15) is 26.2 Å². The lowest BCUT2D eigenvalue weighted by molar-refractivity contribution is -0.125. The van der Waals surface area contributed by atoms with Gasteiger partial charge in [-0.25, -0.2) is 0 Å². The van der Waals surface area contributed by atoms with Crippen molar-refractivity contribution in [1.82, 2.24) is 4.90 Å². The van der Waals surface area contributed by atoms with Crippen molar-refractivity contribution in [3.63, 3.8) is 0 Å². The molecule has 1 aromatic rings. The summed E-state index contributed by atoms with van der Waals surface area (Å²) < 4.78 is 5.60. The third-order valence-electron chi connectivity index (χ3n) is 4.67. The summed E-state index contributed by atoms with van der Waals surface area (Å²) in [4.78, 5) is 28.2. The van der Waals surface area contributed by atoms with Crippen molar-refractivity contribution in [1.29, 1.82) is 0 Å². The lowest BCUT2D eigenvalue weighted by atomic mass is 10.0. The molecule has 1 saturated heterocycles. The van der Waals surface area contributed by atoms with E-state index in [1.54, 1.807) is 11.0 Å². The lowest BCUT2D eigenvalue weighted by Gasteiger charge is -2.37. The van der Waals surface area contributed by atoms with Gasteiger partial charge in [0.05, 0.1) is 18.8 Å². The fourth-order valence-corrected chi connectivity index (χ4v) is 3.27. The second kappa shape index (κ2) is 6.58. The number of anilines is 1. The van der Waals surface area contributed by atoms with Crippen LogP contribution >= 0.6 is 0 Å². The second-order valence-electron chi connectivity index (χ2n) is 6.30. The Morgan fingerprint density at radius 2 is 2.09 bits per heavy atom. The van der Waals surface area contributed by atoms with Crippen LogP contribution in [0, 0.1) is 0 Å². The number of para-hydroxylation sites is 2. The van der Waals surface area contributed by atoms with Crippen molar-refractivity contribution in [2.45, 2.75) is 38.3 Å². The molecule has 2 aliphatic heterocycles. The second-order valence-corrected chi connectivity index (χ2v) is 6.30. The van der Waals surface area contributed by atoms with Crippen LogP contribution in [0.5, 0.6) is 5.75 Å². The molecule has 0 radical (unpaired) electrons. The van der Waals surface area contributed by atoms with Crippen LogP contribution in [0.2, 0.25) is 0 Å². The van der Waals surface area contributed by atoms with Crippen molar-refractivity contribution < 1.29 is 14.3 Å². The van der Waals surface area contributed by atoms with E-state index >= 15 is 0 Å². The largest absolute Gasteiger partial charge is 0.477 e. The molecule has 6 nitrogen and oxygen atoms in total.